The van der Waals surface area contributed by atoms with Gasteiger partial charge in [-0.2, -0.15) is 10.2 Å². The molecule has 0 spiro atoms. The van der Waals surface area contributed by atoms with E-state index in [1.165, 1.54) is 51.9 Å². The quantitative estimate of drug-likeness (QED) is 0.240. The summed E-state index contributed by atoms with van der Waals surface area (Å²) in [4.78, 5) is 18.6. The molecule has 1 amide bonds. The van der Waals surface area contributed by atoms with Gasteiger partial charge in [0.1, 0.15) is 12.1 Å². The third-order valence-electron chi connectivity index (χ3n) is 6.05. The van der Waals surface area contributed by atoms with Gasteiger partial charge in [0, 0.05) is 18.1 Å². The van der Waals surface area contributed by atoms with Crippen LogP contribution in [0.1, 0.15) is 30.1 Å². The molecule has 1 saturated heterocycles. The fraction of sp³-hybridized carbons (Fsp3) is 0.222. The molecule has 0 bridgehead atoms. The molecule has 8 nitrogen and oxygen atoms in total. The van der Waals surface area contributed by atoms with Crippen molar-refractivity contribution in [2.24, 2.45) is 10.2 Å². The molecule has 2 heterocycles. The predicted molar refractivity (Wildman–Crippen MR) is 149 cm³/mol. The first-order chi connectivity index (χ1) is 19.2. The third-order valence-corrected chi connectivity index (χ3v) is 7.29. The Morgan fingerprint density at radius 3 is 2.70 bits per heavy atom. The molecule has 2 aliphatic rings. The number of para-hydroxylation sites is 1. The molecule has 1 fully saturated rings. The van der Waals surface area contributed by atoms with E-state index in [1.54, 1.807) is 12.3 Å². The number of anilines is 1. The number of halogens is 4. The molecule has 13 heteroatoms. The second-order valence-electron chi connectivity index (χ2n) is 8.85. The van der Waals surface area contributed by atoms with Crippen LogP contribution in [0.25, 0.3) is 5.69 Å². The molecule has 1 aromatic heterocycles. The van der Waals surface area contributed by atoms with Crippen LogP contribution >= 0.6 is 23.4 Å². The molecule has 0 saturated carbocycles. The SMILES string of the molecule is Cc1cccc(Cl)c1N1C(=O)CCSC1=NN=CC1=CCC(c2ncn(-c3ccc(OC(F)(F)F)cc3)n2)C=C1. The number of nitrogens with zero attached hydrogens (tertiary/aromatic N) is 6. The zero-order valence-electron chi connectivity index (χ0n) is 21.0. The number of carbonyl (C=O) groups excluding carboxylic acids is 1. The van der Waals surface area contributed by atoms with Crippen molar-refractivity contribution >= 4 is 46.3 Å². The highest BCUT2D eigenvalue weighted by Crippen LogP contribution is 2.34. The van der Waals surface area contributed by atoms with Crippen LogP contribution in [0.3, 0.4) is 0 Å². The van der Waals surface area contributed by atoms with Crippen molar-refractivity contribution in [3.05, 3.63) is 89.0 Å². The van der Waals surface area contributed by atoms with Crippen molar-refractivity contribution in [1.29, 1.82) is 0 Å². The van der Waals surface area contributed by atoms with Gasteiger partial charge in [-0.3, -0.25) is 9.69 Å². The van der Waals surface area contributed by atoms with Gasteiger partial charge in [0.25, 0.3) is 0 Å². The highest BCUT2D eigenvalue weighted by molar-refractivity contribution is 8.14. The highest BCUT2D eigenvalue weighted by atomic mass is 35.5. The van der Waals surface area contributed by atoms with Gasteiger partial charge in [-0.1, -0.05) is 53.7 Å². The van der Waals surface area contributed by atoms with E-state index in [-0.39, 0.29) is 17.6 Å². The van der Waals surface area contributed by atoms with Gasteiger partial charge in [0.15, 0.2) is 11.0 Å². The Balaban J connectivity index is 1.24. The number of hydrogen-bond donors (Lipinski definition) is 0. The first kappa shape index (κ1) is 27.7. The van der Waals surface area contributed by atoms with Crippen molar-refractivity contribution in [1.82, 2.24) is 14.8 Å². The van der Waals surface area contributed by atoms with Crippen molar-refractivity contribution in [2.45, 2.75) is 32.0 Å². The Hall–Kier alpha value is -3.90. The zero-order valence-corrected chi connectivity index (χ0v) is 22.6. The van der Waals surface area contributed by atoms with Gasteiger partial charge in [-0.25, -0.2) is 9.67 Å². The predicted octanol–water partition coefficient (Wildman–Crippen LogP) is 6.61. The van der Waals surface area contributed by atoms with Crippen LogP contribution in [-0.2, 0) is 4.79 Å². The smallest absolute Gasteiger partial charge is 0.406 e. The van der Waals surface area contributed by atoms with Crippen molar-refractivity contribution < 1.29 is 22.7 Å². The number of benzene rings is 2. The first-order valence-electron chi connectivity index (χ1n) is 12.2. The Bertz CT molecular complexity index is 1510. The van der Waals surface area contributed by atoms with Gasteiger partial charge >= 0.3 is 6.36 Å². The first-order valence-corrected chi connectivity index (χ1v) is 13.5. The molecule has 3 aromatic rings. The number of thioether (sulfide) groups is 1. The van der Waals surface area contributed by atoms with E-state index >= 15 is 0 Å². The Morgan fingerprint density at radius 1 is 1.20 bits per heavy atom. The van der Waals surface area contributed by atoms with Crippen molar-refractivity contribution in [3.8, 4) is 11.4 Å². The minimum absolute atomic E-state index is 0.0808. The maximum Gasteiger partial charge on any atom is 0.573 e. The summed E-state index contributed by atoms with van der Waals surface area (Å²) in [5.41, 5.74) is 2.88. The normalized spacial score (nSPS) is 19.0. The van der Waals surface area contributed by atoms with Gasteiger partial charge in [-0.05, 0) is 54.8 Å². The lowest BCUT2D eigenvalue weighted by molar-refractivity contribution is -0.274. The van der Waals surface area contributed by atoms with Gasteiger partial charge < -0.3 is 4.74 Å². The summed E-state index contributed by atoms with van der Waals surface area (Å²) in [7, 11) is 0. The number of hydrogen-bond acceptors (Lipinski definition) is 7. The maximum atomic E-state index is 12.7. The molecule has 2 aromatic carbocycles. The zero-order chi connectivity index (χ0) is 28.3. The number of ether oxygens (including phenoxy) is 1. The number of amidine groups is 1. The molecule has 1 aliphatic carbocycles. The van der Waals surface area contributed by atoms with E-state index in [2.05, 4.69) is 25.0 Å². The number of rotatable bonds is 6. The van der Waals surface area contributed by atoms with Gasteiger partial charge in [0.05, 0.1) is 22.6 Å². The minimum atomic E-state index is -4.75. The number of aromatic nitrogens is 3. The molecule has 0 radical (unpaired) electrons. The molecular weight excluding hydrogens is 565 g/mol. The van der Waals surface area contributed by atoms with E-state index < -0.39 is 6.36 Å². The standard InChI is InChI=1S/C27H22ClF3N6O2S/c1-17-3-2-4-22(28)24(17)37-23(38)13-14-40-26(37)34-33-15-18-5-7-19(8-6-18)25-32-16-36(35-25)20-9-11-21(12-10-20)39-27(29,30)31/h2-7,9-12,15-16,19H,8,13-14H2,1H3. The van der Waals surface area contributed by atoms with Crippen LogP contribution in [0.4, 0.5) is 18.9 Å². The van der Waals surface area contributed by atoms with Crippen molar-refractivity contribution in [3.63, 3.8) is 0 Å². The van der Waals surface area contributed by atoms with E-state index in [0.29, 0.717) is 46.0 Å². The summed E-state index contributed by atoms with van der Waals surface area (Å²) in [6.45, 7) is 1.89. The number of alkyl halides is 3. The summed E-state index contributed by atoms with van der Waals surface area (Å²) < 4.78 is 42.5. The summed E-state index contributed by atoms with van der Waals surface area (Å²) >= 11 is 7.85. The second-order valence-corrected chi connectivity index (χ2v) is 10.3. The number of amides is 1. The summed E-state index contributed by atoms with van der Waals surface area (Å²) in [5, 5.41) is 14.0. The van der Waals surface area contributed by atoms with Gasteiger partial charge in [0.2, 0.25) is 5.91 Å². The van der Waals surface area contributed by atoms with E-state index in [4.69, 9.17) is 11.6 Å². The van der Waals surface area contributed by atoms with E-state index in [9.17, 15) is 18.0 Å². The molecule has 1 atom stereocenters. The minimum Gasteiger partial charge on any atom is -0.406 e. The number of carbonyl (C=O) groups is 1. The molecular formula is C27H22ClF3N6O2S. The summed E-state index contributed by atoms with van der Waals surface area (Å²) in [6, 6.07) is 10.9. The Morgan fingerprint density at radius 2 is 2.00 bits per heavy atom. The average molecular weight is 587 g/mol. The topological polar surface area (TPSA) is 85.0 Å². The summed E-state index contributed by atoms with van der Waals surface area (Å²) in [5.74, 6) is 0.713. The van der Waals surface area contributed by atoms with Crippen LogP contribution < -0.4 is 9.64 Å². The molecule has 0 N–H and O–H groups in total. The third kappa shape index (κ3) is 6.45. The molecule has 1 aliphatic heterocycles. The van der Waals surface area contributed by atoms with Crippen molar-refractivity contribution in [2.75, 3.05) is 10.7 Å². The van der Waals surface area contributed by atoms with E-state index in [1.807, 2.05) is 37.3 Å². The molecule has 1 unspecified atom stereocenters. The van der Waals surface area contributed by atoms with Crippen LogP contribution in [-0.4, -0.2) is 44.2 Å². The number of aryl methyl sites for hydroxylation is 1. The second kappa shape index (κ2) is 11.7. The summed E-state index contributed by atoms with van der Waals surface area (Å²) in [6.07, 6.45) is 5.20. The van der Waals surface area contributed by atoms with Gasteiger partial charge in [-0.15, -0.1) is 18.3 Å². The highest BCUT2D eigenvalue weighted by Gasteiger charge is 2.31. The lowest BCUT2D eigenvalue weighted by atomic mass is 9.96. The largest absolute Gasteiger partial charge is 0.573 e. The average Bonchev–Trinajstić information content (AvgIpc) is 3.40. The molecule has 206 valence electrons. The molecule has 5 rings (SSSR count). The fourth-order valence-electron chi connectivity index (χ4n) is 4.15. The number of allylic oxidation sites excluding steroid dienone is 4. The van der Waals surface area contributed by atoms with Crippen LogP contribution in [0.2, 0.25) is 5.02 Å². The van der Waals surface area contributed by atoms with Crippen LogP contribution in [0.5, 0.6) is 5.75 Å². The van der Waals surface area contributed by atoms with E-state index in [0.717, 1.165) is 11.1 Å². The Labute approximate surface area is 236 Å². The van der Waals surface area contributed by atoms with Crippen LogP contribution in [0.15, 0.2) is 82.8 Å². The monoisotopic (exact) mass is 586 g/mol. The van der Waals surface area contributed by atoms with Crippen LogP contribution in [0, 0.1) is 6.92 Å². The maximum absolute atomic E-state index is 12.7. The lowest BCUT2D eigenvalue weighted by Crippen LogP contribution is -2.39. The Kier molecular flexibility index (Phi) is 8.08. The fourth-order valence-corrected chi connectivity index (χ4v) is 5.35. The lowest BCUT2D eigenvalue weighted by Gasteiger charge is -2.28. The molecule has 40 heavy (non-hydrogen) atoms.